The molecule has 1 saturated carbocycles. The maximum Gasteiger partial charge on any atom is 0.115 e. The molecular weight excluding hydrogens is 380 g/mol. The molecule has 0 aromatic heterocycles. The summed E-state index contributed by atoms with van der Waals surface area (Å²) in [6.07, 6.45) is 7.53. The minimum Gasteiger partial charge on any atom is -0.508 e. The molecule has 0 heterocycles. The molecule has 3 aromatic carbocycles. The van der Waals surface area contributed by atoms with Gasteiger partial charge in [0.25, 0.3) is 0 Å². The summed E-state index contributed by atoms with van der Waals surface area (Å²) in [7, 11) is 0. The molecular formula is C29H32O2. The fourth-order valence-electron chi connectivity index (χ4n) is 6.29. The number of aliphatic hydroxyl groups is 1. The number of fused-ring (bicyclic) bond motifs is 3. The van der Waals surface area contributed by atoms with E-state index in [4.69, 9.17) is 0 Å². The number of hydrogen-bond donors (Lipinski definition) is 2. The van der Waals surface area contributed by atoms with Crippen LogP contribution in [0.5, 0.6) is 5.75 Å². The van der Waals surface area contributed by atoms with Crippen LogP contribution in [0.1, 0.15) is 54.4 Å². The summed E-state index contributed by atoms with van der Waals surface area (Å²) in [6.45, 7) is 0. The van der Waals surface area contributed by atoms with Crippen LogP contribution in [0.25, 0.3) is 0 Å². The zero-order valence-electron chi connectivity index (χ0n) is 18.1. The summed E-state index contributed by atoms with van der Waals surface area (Å²) in [5, 5.41) is 21.7. The van der Waals surface area contributed by atoms with Crippen molar-refractivity contribution in [1.29, 1.82) is 0 Å². The molecule has 2 nitrogen and oxygen atoms in total. The molecule has 2 aliphatic carbocycles. The first-order valence-electron chi connectivity index (χ1n) is 11.7. The van der Waals surface area contributed by atoms with E-state index in [9.17, 15) is 10.2 Å². The van der Waals surface area contributed by atoms with E-state index in [0.717, 1.165) is 51.4 Å². The maximum atomic E-state index is 11.6. The van der Waals surface area contributed by atoms with Gasteiger partial charge in [0.15, 0.2) is 0 Å². The van der Waals surface area contributed by atoms with Gasteiger partial charge in [-0.25, -0.2) is 0 Å². The Kier molecular flexibility index (Phi) is 5.35. The Morgan fingerprint density at radius 2 is 1.55 bits per heavy atom. The first-order chi connectivity index (χ1) is 15.1. The summed E-state index contributed by atoms with van der Waals surface area (Å²) in [5.41, 5.74) is 4.82. The summed E-state index contributed by atoms with van der Waals surface area (Å²) in [5.74, 6) is 0.821. The number of rotatable bonds is 5. The maximum absolute atomic E-state index is 11.6. The standard InChI is InChI=1S/C29H32O2/c30-26-13-14-27-24(19-26)11-12-25-21-28(31,16-15-22-7-3-1-4-8-22)17-18-29(25,27)20-23-9-5-2-6-10-23/h1-10,13-14,19,25,30-31H,11-12,15-18,20-21H2/t25-,28-,29+/m1/s1. The Balaban J connectivity index is 1.44. The highest BCUT2D eigenvalue weighted by Crippen LogP contribution is 2.55. The van der Waals surface area contributed by atoms with Crippen LogP contribution in [0.3, 0.4) is 0 Å². The van der Waals surface area contributed by atoms with Crippen LogP contribution >= 0.6 is 0 Å². The fraction of sp³-hybridized carbons (Fsp3) is 0.379. The van der Waals surface area contributed by atoms with E-state index in [1.165, 1.54) is 22.3 Å². The lowest BCUT2D eigenvalue weighted by atomic mass is 9.52. The minimum absolute atomic E-state index is 0.0433. The molecule has 0 saturated heterocycles. The van der Waals surface area contributed by atoms with Gasteiger partial charge in [0.2, 0.25) is 0 Å². The van der Waals surface area contributed by atoms with Crippen LogP contribution in [-0.2, 0) is 24.7 Å². The van der Waals surface area contributed by atoms with Crippen molar-refractivity contribution in [2.45, 2.75) is 62.4 Å². The Hall–Kier alpha value is -2.58. The smallest absolute Gasteiger partial charge is 0.115 e. The molecule has 0 unspecified atom stereocenters. The van der Waals surface area contributed by atoms with Crippen LogP contribution in [0.15, 0.2) is 78.9 Å². The highest BCUT2D eigenvalue weighted by molar-refractivity contribution is 5.44. The van der Waals surface area contributed by atoms with Gasteiger partial charge in [-0.3, -0.25) is 0 Å². The van der Waals surface area contributed by atoms with Gasteiger partial charge in [0.05, 0.1) is 5.60 Å². The molecule has 31 heavy (non-hydrogen) atoms. The number of hydrogen-bond acceptors (Lipinski definition) is 2. The average Bonchev–Trinajstić information content (AvgIpc) is 2.79. The third-order valence-electron chi connectivity index (χ3n) is 7.92. The van der Waals surface area contributed by atoms with Crippen molar-refractivity contribution in [1.82, 2.24) is 0 Å². The average molecular weight is 413 g/mol. The molecule has 2 heteroatoms. The number of benzene rings is 3. The Morgan fingerprint density at radius 1 is 0.839 bits per heavy atom. The summed E-state index contributed by atoms with van der Waals surface area (Å²) >= 11 is 0. The second-order valence-electron chi connectivity index (χ2n) is 9.81. The second-order valence-corrected chi connectivity index (χ2v) is 9.81. The van der Waals surface area contributed by atoms with Crippen LogP contribution in [0, 0.1) is 5.92 Å². The quantitative estimate of drug-likeness (QED) is 0.541. The number of phenolic OH excluding ortho intramolecular Hbond substituents is 1. The van der Waals surface area contributed by atoms with E-state index in [-0.39, 0.29) is 5.41 Å². The minimum atomic E-state index is -0.588. The van der Waals surface area contributed by atoms with Crippen LogP contribution < -0.4 is 0 Å². The van der Waals surface area contributed by atoms with Gasteiger partial charge < -0.3 is 10.2 Å². The summed E-state index contributed by atoms with van der Waals surface area (Å²) in [6, 6.07) is 27.3. The lowest BCUT2D eigenvalue weighted by Gasteiger charge is -2.53. The van der Waals surface area contributed by atoms with Crippen molar-refractivity contribution in [3.05, 3.63) is 101 Å². The van der Waals surface area contributed by atoms with Crippen molar-refractivity contribution in [2.75, 3.05) is 0 Å². The van der Waals surface area contributed by atoms with Gasteiger partial charge in [-0.05, 0) is 91.7 Å². The van der Waals surface area contributed by atoms with Crippen LogP contribution in [-0.4, -0.2) is 15.8 Å². The molecule has 3 atom stereocenters. The first-order valence-corrected chi connectivity index (χ1v) is 11.7. The van der Waals surface area contributed by atoms with E-state index >= 15 is 0 Å². The largest absolute Gasteiger partial charge is 0.508 e. The number of phenols is 1. The summed E-state index contributed by atoms with van der Waals surface area (Å²) < 4.78 is 0. The van der Waals surface area contributed by atoms with E-state index < -0.39 is 5.60 Å². The summed E-state index contributed by atoms with van der Waals surface area (Å²) in [4.78, 5) is 0. The first kappa shape index (κ1) is 20.3. The van der Waals surface area contributed by atoms with Crippen LogP contribution in [0.2, 0.25) is 0 Å². The SMILES string of the molecule is Oc1ccc2c(c1)CC[C@@H]1C[C@@](O)(CCc3ccccc3)CC[C@@]21Cc1ccccc1. The molecule has 2 aliphatic rings. The Bertz CT molecular complexity index is 1030. The number of aromatic hydroxyl groups is 1. The molecule has 2 N–H and O–H groups in total. The zero-order chi connectivity index (χ0) is 21.3. The predicted octanol–water partition coefficient (Wildman–Crippen LogP) is 5.98. The lowest BCUT2D eigenvalue weighted by Crippen LogP contribution is -2.51. The molecule has 0 radical (unpaired) electrons. The molecule has 0 aliphatic heterocycles. The molecule has 0 amide bonds. The van der Waals surface area contributed by atoms with E-state index in [1.54, 1.807) is 0 Å². The molecule has 160 valence electrons. The van der Waals surface area contributed by atoms with Gasteiger partial charge in [0.1, 0.15) is 5.75 Å². The van der Waals surface area contributed by atoms with E-state index in [1.807, 2.05) is 18.2 Å². The third-order valence-corrected chi connectivity index (χ3v) is 7.92. The predicted molar refractivity (Wildman–Crippen MR) is 125 cm³/mol. The topological polar surface area (TPSA) is 40.5 Å². The highest BCUT2D eigenvalue weighted by atomic mass is 16.3. The van der Waals surface area contributed by atoms with Gasteiger partial charge in [-0.15, -0.1) is 0 Å². The molecule has 3 aromatic rings. The van der Waals surface area contributed by atoms with E-state index in [2.05, 4.69) is 60.7 Å². The van der Waals surface area contributed by atoms with Crippen LogP contribution in [0.4, 0.5) is 0 Å². The normalized spacial score (nSPS) is 27.3. The monoisotopic (exact) mass is 412 g/mol. The molecule has 1 fully saturated rings. The zero-order valence-corrected chi connectivity index (χ0v) is 18.1. The van der Waals surface area contributed by atoms with Gasteiger partial charge >= 0.3 is 0 Å². The van der Waals surface area contributed by atoms with Gasteiger partial charge in [-0.1, -0.05) is 66.7 Å². The van der Waals surface area contributed by atoms with E-state index in [0.29, 0.717) is 11.7 Å². The van der Waals surface area contributed by atoms with Crippen molar-refractivity contribution in [3.8, 4) is 5.75 Å². The lowest BCUT2D eigenvalue weighted by molar-refractivity contribution is -0.0559. The fourth-order valence-corrected chi connectivity index (χ4v) is 6.29. The van der Waals surface area contributed by atoms with Crippen molar-refractivity contribution >= 4 is 0 Å². The van der Waals surface area contributed by atoms with Crippen molar-refractivity contribution in [2.24, 2.45) is 5.92 Å². The second kappa shape index (κ2) is 8.16. The molecule has 5 rings (SSSR count). The molecule has 0 spiro atoms. The Labute approximate surface area is 185 Å². The molecule has 0 bridgehead atoms. The Morgan fingerprint density at radius 3 is 2.29 bits per heavy atom. The van der Waals surface area contributed by atoms with Gasteiger partial charge in [0, 0.05) is 5.41 Å². The van der Waals surface area contributed by atoms with Gasteiger partial charge in [-0.2, -0.15) is 0 Å². The third kappa shape index (κ3) is 4.02. The number of aryl methyl sites for hydroxylation is 2. The van der Waals surface area contributed by atoms with Crippen molar-refractivity contribution in [3.63, 3.8) is 0 Å². The highest BCUT2D eigenvalue weighted by Gasteiger charge is 2.51. The van der Waals surface area contributed by atoms with Crippen molar-refractivity contribution < 1.29 is 10.2 Å².